The van der Waals surface area contributed by atoms with Crippen LogP contribution >= 0.6 is 0 Å². The summed E-state index contributed by atoms with van der Waals surface area (Å²) >= 11 is 0. The lowest BCUT2D eigenvalue weighted by Gasteiger charge is -1.99. The molecule has 0 bridgehead atoms. The van der Waals surface area contributed by atoms with Crippen molar-refractivity contribution in [2.24, 2.45) is 0 Å². The fraction of sp³-hybridized carbons (Fsp3) is 0. The fourth-order valence-corrected chi connectivity index (χ4v) is 1.73. The lowest BCUT2D eigenvalue weighted by molar-refractivity contribution is -0.384. The second-order valence-electron chi connectivity index (χ2n) is 3.85. The number of rotatable bonds is 2. The smallest absolute Gasteiger partial charge is 0.265 e. The molecule has 0 spiro atoms. The van der Waals surface area contributed by atoms with Gasteiger partial charge in [0.1, 0.15) is 0 Å². The third-order valence-electron chi connectivity index (χ3n) is 2.65. The number of nitrogens with one attached hydrogen (secondary N) is 1. The first-order valence-corrected chi connectivity index (χ1v) is 5.33. The van der Waals surface area contributed by atoms with Gasteiger partial charge in [0.2, 0.25) is 0 Å². The Bertz CT molecular complexity index is 818. The molecule has 1 aromatic carbocycles. The van der Waals surface area contributed by atoms with E-state index in [1.807, 2.05) is 0 Å². The van der Waals surface area contributed by atoms with Crippen LogP contribution in [0.25, 0.3) is 16.6 Å². The van der Waals surface area contributed by atoms with Crippen LogP contribution in [-0.4, -0.2) is 24.9 Å². The van der Waals surface area contributed by atoms with Crippen LogP contribution in [0.4, 0.5) is 5.69 Å². The first-order valence-electron chi connectivity index (χ1n) is 5.33. The average molecular weight is 257 g/mol. The Kier molecular flexibility index (Phi) is 2.34. The molecule has 3 aromatic rings. The average Bonchev–Trinajstić information content (AvgIpc) is 2.84. The number of non-ortho nitro benzene ring substituents is 1. The summed E-state index contributed by atoms with van der Waals surface area (Å²) in [6, 6.07) is 5.88. The second-order valence-corrected chi connectivity index (χ2v) is 3.85. The zero-order chi connectivity index (χ0) is 13.4. The highest BCUT2D eigenvalue weighted by atomic mass is 16.6. The van der Waals surface area contributed by atoms with Crippen molar-refractivity contribution in [1.29, 1.82) is 0 Å². The van der Waals surface area contributed by atoms with Gasteiger partial charge in [0.15, 0.2) is 5.52 Å². The molecule has 94 valence electrons. The molecule has 1 N–H and O–H groups in total. The van der Waals surface area contributed by atoms with Gasteiger partial charge in [-0.05, 0) is 12.1 Å². The molecule has 0 saturated heterocycles. The molecular weight excluding hydrogens is 250 g/mol. The van der Waals surface area contributed by atoms with Crippen LogP contribution in [-0.2, 0) is 0 Å². The van der Waals surface area contributed by atoms with Crippen LogP contribution in [0, 0.1) is 10.1 Å². The predicted octanol–water partition coefficient (Wildman–Crippen LogP) is 1.02. The predicted molar refractivity (Wildman–Crippen MR) is 66.1 cm³/mol. The molecule has 0 radical (unpaired) electrons. The zero-order valence-corrected chi connectivity index (χ0v) is 9.48. The molecule has 8 heteroatoms. The highest BCUT2D eigenvalue weighted by molar-refractivity contribution is 5.76. The van der Waals surface area contributed by atoms with Crippen molar-refractivity contribution in [2.75, 3.05) is 0 Å². The van der Waals surface area contributed by atoms with Crippen LogP contribution in [0.3, 0.4) is 0 Å². The summed E-state index contributed by atoms with van der Waals surface area (Å²) in [5.41, 5.74) is 0.521. The van der Waals surface area contributed by atoms with E-state index in [1.165, 1.54) is 23.0 Å². The van der Waals surface area contributed by atoms with Crippen molar-refractivity contribution in [2.45, 2.75) is 0 Å². The number of nitro benzene ring substituents is 1. The number of benzene rings is 1. The molecule has 2 heterocycles. The summed E-state index contributed by atoms with van der Waals surface area (Å²) in [6.07, 6.45) is 3.13. The molecule has 0 aliphatic heterocycles. The largest absolute Gasteiger partial charge is 0.292 e. The third kappa shape index (κ3) is 1.84. The highest BCUT2D eigenvalue weighted by Gasteiger charge is 2.08. The van der Waals surface area contributed by atoms with Crippen molar-refractivity contribution in [1.82, 2.24) is 20.0 Å². The van der Waals surface area contributed by atoms with Crippen LogP contribution in [0.2, 0.25) is 0 Å². The van der Waals surface area contributed by atoms with Gasteiger partial charge in [0, 0.05) is 23.7 Å². The molecule has 0 atom stereocenters. The lowest BCUT2D eigenvalue weighted by Crippen LogP contribution is -2.07. The summed E-state index contributed by atoms with van der Waals surface area (Å²) < 4.78 is 1.48. The molecule has 3 rings (SSSR count). The topological polar surface area (TPSA) is 107 Å². The van der Waals surface area contributed by atoms with Gasteiger partial charge in [-0.3, -0.25) is 14.9 Å². The minimum absolute atomic E-state index is 0.0000231. The molecular formula is C11H7N5O3. The van der Waals surface area contributed by atoms with Crippen LogP contribution in [0.15, 0.2) is 41.5 Å². The molecule has 0 amide bonds. The molecule has 2 aromatic heterocycles. The normalized spacial score (nSPS) is 10.7. The maximum Gasteiger partial charge on any atom is 0.292 e. The maximum atomic E-state index is 11.5. The zero-order valence-electron chi connectivity index (χ0n) is 9.48. The van der Waals surface area contributed by atoms with Gasteiger partial charge in [-0.1, -0.05) is 0 Å². The number of H-pyrrole nitrogens is 1. The summed E-state index contributed by atoms with van der Waals surface area (Å²) in [5.74, 6) is 0. The monoisotopic (exact) mass is 257 g/mol. The third-order valence-corrected chi connectivity index (χ3v) is 2.65. The van der Waals surface area contributed by atoms with Crippen molar-refractivity contribution >= 4 is 16.6 Å². The Morgan fingerprint density at radius 3 is 2.63 bits per heavy atom. The summed E-state index contributed by atoms with van der Waals surface area (Å²) in [5, 5.41) is 21.3. The Hall–Kier alpha value is -3.03. The van der Waals surface area contributed by atoms with E-state index in [2.05, 4.69) is 15.3 Å². The van der Waals surface area contributed by atoms with E-state index in [0.29, 0.717) is 11.1 Å². The lowest BCUT2D eigenvalue weighted by atomic mass is 10.3. The molecule has 8 nitrogen and oxygen atoms in total. The Balaban J connectivity index is 2.11. The molecule has 0 aliphatic carbocycles. The number of nitro groups is 1. The summed E-state index contributed by atoms with van der Waals surface area (Å²) in [4.78, 5) is 21.6. The van der Waals surface area contributed by atoms with E-state index in [0.717, 1.165) is 0 Å². The molecule has 19 heavy (non-hydrogen) atoms. The van der Waals surface area contributed by atoms with Gasteiger partial charge in [0.05, 0.1) is 16.8 Å². The summed E-state index contributed by atoms with van der Waals surface area (Å²) in [6.45, 7) is 0. The van der Waals surface area contributed by atoms with Gasteiger partial charge in [-0.15, -0.1) is 0 Å². The number of nitrogens with zero attached hydrogens (tertiary/aromatic N) is 4. The first-order chi connectivity index (χ1) is 9.15. The van der Waals surface area contributed by atoms with Crippen molar-refractivity contribution in [3.8, 4) is 5.69 Å². The Morgan fingerprint density at radius 1 is 1.26 bits per heavy atom. The van der Waals surface area contributed by atoms with Gasteiger partial charge < -0.3 is 0 Å². The second kappa shape index (κ2) is 4.02. The standard InChI is InChI=1S/C11H7N5O3/c17-11-10-7(5-12-13-11)6-15(14-10)8-1-3-9(4-2-8)16(18)19/h1-6H,(H,13,17). The Morgan fingerprint density at radius 2 is 2.00 bits per heavy atom. The highest BCUT2D eigenvalue weighted by Crippen LogP contribution is 2.16. The van der Waals surface area contributed by atoms with Gasteiger partial charge in [-0.2, -0.15) is 10.2 Å². The van der Waals surface area contributed by atoms with E-state index in [1.54, 1.807) is 18.3 Å². The number of aromatic amines is 1. The number of hydrogen-bond acceptors (Lipinski definition) is 5. The number of fused-ring (bicyclic) bond motifs is 1. The minimum atomic E-state index is -0.474. The maximum absolute atomic E-state index is 11.5. The van der Waals surface area contributed by atoms with Gasteiger partial charge in [-0.25, -0.2) is 9.78 Å². The van der Waals surface area contributed by atoms with Crippen molar-refractivity contribution in [3.05, 3.63) is 57.1 Å². The molecule has 0 fully saturated rings. The molecule has 0 aliphatic rings. The number of hydrogen-bond donors (Lipinski definition) is 1. The molecule has 0 unspecified atom stereocenters. The van der Waals surface area contributed by atoms with Crippen LogP contribution < -0.4 is 5.56 Å². The van der Waals surface area contributed by atoms with Gasteiger partial charge in [0.25, 0.3) is 11.2 Å². The van der Waals surface area contributed by atoms with E-state index in [4.69, 9.17) is 0 Å². The van der Waals surface area contributed by atoms with E-state index in [9.17, 15) is 14.9 Å². The fourth-order valence-electron chi connectivity index (χ4n) is 1.73. The Labute approximate surface area is 105 Å². The van der Waals surface area contributed by atoms with E-state index < -0.39 is 4.92 Å². The van der Waals surface area contributed by atoms with Gasteiger partial charge >= 0.3 is 0 Å². The van der Waals surface area contributed by atoms with E-state index >= 15 is 0 Å². The quantitative estimate of drug-likeness (QED) is 0.544. The SMILES string of the molecule is O=c1[nH]ncc2cn(-c3ccc([N+](=O)[O-])cc3)nc12. The summed E-state index contributed by atoms with van der Waals surface area (Å²) in [7, 11) is 0. The van der Waals surface area contributed by atoms with E-state index in [-0.39, 0.29) is 16.8 Å². The molecule has 0 saturated carbocycles. The van der Waals surface area contributed by atoms with Crippen molar-refractivity contribution < 1.29 is 4.92 Å². The van der Waals surface area contributed by atoms with Crippen LogP contribution in [0.5, 0.6) is 0 Å². The number of aromatic nitrogens is 4. The minimum Gasteiger partial charge on any atom is -0.265 e. The first kappa shape index (κ1) is 11.1. The van der Waals surface area contributed by atoms with Crippen LogP contribution in [0.1, 0.15) is 0 Å². The van der Waals surface area contributed by atoms with Crippen molar-refractivity contribution in [3.63, 3.8) is 0 Å².